The van der Waals surface area contributed by atoms with E-state index in [4.69, 9.17) is 4.74 Å². The van der Waals surface area contributed by atoms with Crippen LogP contribution in [-0.2, 0) is 11.3 Å². The maximum atomic E-state index is 11.7. The summed E-state index contributed by atoms with van der Waals surface area (Å²) in [7, 11) is 0. The van der Waals surface area contributed by atoms with Crippen molar-refractivity contribution in [3.63, 3.8) is 0 Å². The number of rotatable bonds is 3. The molecule has 0 aromatic heterocycles. The van der Waals surface area contributed by atoms with Crippen molar-refractivity contribution in [1.29, 1.82) is 0 Å². The Kier molecular flexibility index (Phi) is 4.30. The van der Waals surface area contributed by atoms with Crippen LogP contribution in [0.4, 0.5) is 10.5 Å². The minimum atomic E-state index is -0.465. The molecule has 0 unspecified atom stereocenters. The van der Waals surface area contributed by atoms with Crippen molar-refractivity contribution in [2.75, 3.05) is 26.2 Å². The summed E-state index contributed by atoms with van der Waals surface area (Å²) in [6.45, 7) is 2.57. The van der Waals surface area contributed by atoms with Crippen molar-refractivity contribution in [2.45, 2.75) is 6.61 Å². The van der Waals surface area contributed by atoms with Crippen molar-refractivity contribution in [2.24, 2.45) is 0 Å². The Morgan fingerprint density at radius 1 is 1.32 bits per heavy atom. The molecule has 0 N–H and O–H groups in total. The molecule has 19 heavy (non-hydrogen) atoms. The molecular weight excluding hydrogens is 250 g/mol. The minimum Gasteiger partial charge on any atom is -0.445 e. The molecule has 2 rings (SSSR count). The number of nitro groups is 1. The molecule has 1 amide bonds. The number of ether oxygens (including phenoxy) is 1. The summed E-state index contributed by atoms with van der Waals surface area (Å²) in [5.41, 5.74) is 0.744. The summed E-state index contributed by atoms with van der Waals surface area (Å²) < 4.78 is 5.14. The highest BCUT2D eigenvalue weighted by atomic mass is 16.6. The van der Waals surface area contributed by atoms with Crippen LogP contribution in [0, 0.1) is 10.1 Å². The predicted octanol–water partition coefficient (Wildman–Crippen LogP) is 1.15. The standard InChI is InChI=1S/C12H14N3O4/c16-12(14-7-5-13-6-8-14)19-9-10-1-3-11(4-2-10)15(17)18/h1-4H,5-9H2. The van der Waals surface area contributed by atoms with Crippen LogP contribution >= 0.6 is 0 Å². The quantitative estimate of drug-likeness (QED) is 0.605. The van der Waals surface area contributed by atoms with Crippen LogP contribution in [0.2, 0.25) is 0 Å². The van der Waals surface area contributed by atoms with Gasteiger partial charge in [0.2, 0.25) is 0 Å². The van der Waals surface area contributed by atoms with Crippen molar-refractivity contribution in [3.8, 4) is 0 Å². The highest BCUT2D eigenvalue weighted by Crippen LogP contribution is 2.13. The van der Waals surface area contributed by atoms with Crippen LogP contribution in [-0.4, -0.2) is 42.1 Å². The molecule has 0 aliphatic carbocycles. The van der Waals surface area contributed by atoms with Gasteiger partial charge in [-0.25, -0.2) is 10.1 Å². The average molecular weight is 264 g/mol. The van der Waals surface area contributed by atoms with Gasteiger partial charge in [0.1, 0.15) is 6.61 Å². The number of amides is 1. The van der Waals surface area contributed by atoms with Gasteiger partial charge >= 0.3 is 6.09 Å². The van der Waals surface area contributed by atoms with Crippen LogP contribution in [0.1, 0.15) is 5.56 Å². The first-order valence-electron chi connectivity index (χ1n) is 5.95. The number of non-ortho nitro benzene ring substituents is 1. The summed E-state index contributed by atoms with van der Waals surface area (Å²) in [6.07, 6.45) is -0.367. The first-order chi connectivity index (χ1) is 9.16. The summed E-state index contributed by atoms with van der Waals surface area (Å²) in [5, 5.41) is 14.6. The van der Waals surface area contributed by atoms with E-state index in [1.54, 1.807) is 17.0 Å². The van der Waals surface area contributed by atoms with E-state index in [1.807, 2.05) is 0 Å². The Labute approximate surface area is 110 Å². The summed E-state index contributed by atoms with van der Waals surface area (Å²) >= 11 is 0. The van der Waals surface area contributed by atoms with Gasteiger partial charge in [-0.15, -0.1) is 0 Å². The normalized spacial score (nSPS) is 15.1. The van der Waals surface area contributed by atoms with Gasteiger partial charge in [0, 0.05) is 38.3 Å². The second kappa shape index (κ2) is 6.14. The van der Waals surface area contributed by atoms with Gasteiger partial charge in [-0.3, -0.25) is 10.1 Å². The molecule has 1 aliphatic rings. The molecule has 0 atom stereocenters. The number of hydrogen-bond acceptors (Lipinski definition) is 4. The van der Waals surface area contributed by atoms with E-state index in [0.29, 0.717) is 26.2 Å². The highest BCUT2D eigenvalue weighted by Gasteiger charge is 2.17. The van der Waals surface area contributed by atoms with Crippen LogP contribution in [0.3, 0.4) is 0 Å². The van der Waals surface area contributed by atoms with E-state index in [0.717, 1.165) is 5.56 Å². The zero-order valence-electron chi connectivity index (χ0n) is 10.3. The van der Waals surface area contributed by atoms with Crippen LogP contribution < -0.4 is 5.32 Å². The third kappa shape index (κ3) is 3.65. The largest absolute Gasteiger partial charge is 0.445 e. The Morgan fingerprint density at radius 3 is 2.53 bits per heavy atom. The molecule has 1 aromatic carbocycles. The molecule has 1 aromatic rings. The van der Waals surface area contributed by atoms with Crippen LogP contribution in [0.25, 0.3) is 0 Å². The van der Waals surface area contributed by atoms with E-state index >= 15 is 0 Å². The van der Waals surface area contributed by atoms with E-state index in [2.05, 4.69) is 5.32 Å². The van der Waals surface area contributed by atoms with Gasteiger partial charge in [0.05, 0.1) is 4.92 Å². The van der Waals surface area contributed by atoms with E-state index < -0.39 is 4.92 Å². The lowest BCUT2D eigenvalue weighted by atomic mass is 10.2. The minimum absolute atomic E-state index is 0.0210. The Balaban J connectivity index is 1.84. The fourth-order valence-electron chi connectivity index (χ4n) is 1.74. The van der Waals surface area contributed by atoms with Gasteiger partial charge in [-0.05, 0) is 17.7 Å². The van der Waals surface area contributed by atoms with E-state index in [-0.39, 0.29) is 18.4 Å². The van der Waals surface area contributed by atoms with Crippen LogP contribution in [0.15, 0.2) is 24.3 Å². The smallest absolute Gasteiger partial charge is 0.410 e. The van der Waals surface area contributed by atoms with E-state index in [1.165, 1.54) is 12.1 Å². The average Bonchev–Trinajstić information content (AvgIpc) is 2.46. The molecule has 1 saturated heterocycles. The Morgan fingerprint density at radius 2 is 1.95 bits per heavy atom. The lowest BCUT2D eigenvalue weighted by molar-refractivity contribution is -0.384. The SMILES string of the molecule is O=C(OCc1ccc([N+](=O)[O-])cc1)N1CC[N]CC1. The maximum Gasteiger partial charge on any atom is 0.410 e. The highest BCUT2D eigenvalue weighted by molar-refractivity contribution is 5.67. The molecule has 0 bridgehead atoms. The summed E-state index contributed by atoms with van der Waals surface area (Å²) in [5.74, 6) is 0. The third-order valence-electron chi connectivity index (χ3n) is 2.82. The summed E-state index contributed by atoms with van der Waals surface area (Å²) in [4.78, 5) is 23.3. The molecule has 7 heteroatoms. The number of piperazine rings is 1. The number of benzene rings is 1. The van der Waals surface area contributed by atoms with Gasteiger partial charge in [-0.1, -0.05) is 0 Å². The molecule has 101 valence electrons. The van der Waals surface area contributed by atoms with Crippen molar-refractivity contribution < 1.29 is 14.5 Å². The lowest BCUT2D eigenvalue weighted by Crippen LogP contribution is -2.43. The number of carbonyl (C=O) groups is 1. The number of carbonyl (C=O) groups excluding carboxylic acids is 1. The van der Waals surface area contributed by atoms with E-state index in [9.17, 15) is 14.9 Å². The molecule has 1 aliphatic heterocycles. The van der Waals surface area contributed by atoms with Crippen molar-refractivity contribution >= 4 is 11.8 Å². The first-order valence-corrected chi connectivity index (χ1v) is 5.95. The zero-order chi connectivity index (χ0) is 13.7. The number of hydrogen-bond donors (Lipinski definition) is 0. The van der Waals surface area contributed by atoms with Crippen LogP contribution in [0.5, 0.6) is 0 Å². The summed E-state index contributed by atoms with van der Waals surface area (Å²) in [6, 6.07) is 5.94. The molecule has 0 spiro atoms. The third-order valence-corrected chi connectivity index (χ3v) is 2.82. The zero-order valence-corrected chi connectivity index (χ0v) is 10.3. The van der Waals surface area contributed by atoms with Gasteiger partial charge in [0.15, 0.2) is 0 Å². The lowest BCUT2D eigenvalue weighted by Gasteiger charge is -2.25. The fraction of sp³-hybridized carbons (Fsp3) is 0.417. The predicted molar refractivity (Wildman–Crippen MR) is 66.7 cm³/mol. The molecule has 1 radical (unpaired) electrons. The monoisotopic (exact) mass is 264 g/mol. The Bertz CT molecular complexity index is 455. The molecular formula is C12H14N3O4. The molecule has 0 saturated carbocycles. The Hall–Kier alpha value is -2.15. The fourth-order valence-corrected chi connectivity index (χ4v) is 1.74. The second-order valence-electron chi connectivity index (χ2n) is 4.14. The number of nitrogens with zero attached hydrogens (tertiary/aromatic N) is 3. The van der Waals surface area contributed by atoms with Crippen molar-refractivity contribution in [3.05, 3.63) is 39.9 Å². The molecule has 1 heterocycles. The molecule has 7 nitrogen and oxygen atoms in total. The van der Waals surface area contributed by atoms with Gasteiger partial charge < -0.3 is 9.64 Å². The van der Waals surface area contributed by atoms with Crippen molar-refractivity contribution in [1.82, 2.24) is 10.2 Å². The second-order valence-corrected chi connectivity index (χ2v) is 4.14. The topological polar surface area (TPSA) is 86.8 Å². The maximum absolute atomic E-state index is 11.7. The van der Waals surface area contributed by atoms with Gasteiger partial charge in [-0.2, -0.15) is 0 Å². The van der Waals surface area contributed by atoms with Gasteiger partial charge in [0.25, 0.3) is 5.69 Å². The first kappa shape index (κ1) is 13.3. The number of nitro benzene ring substituents is 1. The molecule has 1 fully saturated rings.